The molecule has 0 spiro atoms. The Balaban J connectivity index is 1.52. The highest BCUT2D eigenvalue weighted by atomic mass is 16.5. The molecule has 3 heterocycles. The molecule has 0 aliphatic rings. The van der Waals surface area contributed by atoms with E-state index in [-0.39, 0.29) is 0 Å². The van der Waals surface area contributed by atoms with Gasteiger partial charge in [0.1, 0.15) is 17.3 Å². The highest BCUT2D eigenvalue weighted by Gasteiger charge is 2.15. The Morgan fingerprint density at radius 2 is 1.83 bits per heavy atom. The molecule has 2 aromatic carbocycles. The van der Waals surface area contributed by atoms with Crippen LogP contribution in [0.1, 0.15) is 16.8 Å². The van der Waals surface area contributed by atoms with Gasteiger partial charge in [-0.3, -0.25) is 9.97 Å². The van der Waals surface area contributed by atoms with Crippen molar-refractivity contribution in [3.8, 4) is 28.8 Å². The summed E-state index contributed by atoms with van der Waals surface area (Å²) in [6.07, 6.45) is 3.61. The third kappa shape index (κ3) is 4.68. The van der Waals surface area contributed by atoms with Crippen LogP contribution in [0.25, 0.3) is 22.2 Å². The topological polar surface area (TPSA) is 97.9 Å². The van der Waals surface area contributed by atoms with Crippen molar-refractivity contribution in [1.29, 1.82) is 5.26 Å². The molecular weight excluding hydrogens is 452 g/mol. The molecule has 1 N–H and O–H groups in total. The average molecular weight is 477 g/mol. The van der Waals surface area contributed by atoms with E-state index >= 15 is 0 Å². The second kappa shape index (κ2) is 10.2. The summed E-state index contributed by atoms with van der Waals surface area (Å²) in [5.41, 5.74) is 5.02. The van der Waals surface area contributed by atoms with Crippen LogP contribution in [0.5, 0.6) is 11.5 Å². The third-order valence-electron chi connectivity index (χ3n) is 5.91. The fourth-order valence-electron chi connectivity index (χ4n) is 4.03. The standard InChI is InChI=1S/C28H24N6O2/c1-35-23-11-10-21(27(13-23)36-2)16-32-28-24-17-31-25(20-8-6-19(15-29)7-9-20)14-26(24)33-34(28)18-22-5-3-4-12-30-22/h3-14,17,32H,16,18H2,1-2H3. The van der Waals surface area contributed by atoms with Gasteiger partial charge in [-0.1, -0.05) is 18.2 Å². The SMILES string of the molecule is COc1ccc(CNc2c3cnc(-c4ccc(C#N)cc4)cc3nn2Cc2ccccn2)c(OC)c1. The Bertz CT molecular complexity index is 1540. The fourth-order valence-corrected chi connectivity index (χ4v) is 4.03. The molecular formula is C28H24N6O2. The number of ether oxygens (including phenoxy) is 2. The van der Waals surface area contributed by atoms with Gasteiger partial charge in [0.25, 0.3) is 0 Å². The molecule has 0 aliphatic heterocycles. The average Bonchev–Trinajstić information content (AvgIpc) is 3.28. The lowest BCUT2D eigenvalue weighted by molar-refractivity contribution is 0.391. The van der Waals surface area contributed by atoms with Gasteiger partial charge in [0.2, 0.25) is 0 Å². The number of anilines is 1. The number of methoxy groups -OCH3 is 2. The zero-order valence-electron chi connectivity index (χ0n) is 20.0. The maximum absolute atomic E-state index is 9.08. The highest BCUT2D eigenvalue weighted by molar-refractivity contribution is 5.91. The first-order valence-corrected chi connectivity index (χ1v) is 11.4. The van der Waals surface area contributed by atoms with Crippen LogP contribution in [-0.4, -0.2) is 34.0 Å². The van der Waals surface area contributed by atoms with Gasteiger partial charge in [0.05, 0.1) is 54.7 Å². The van der Waals surface area contributed by atoms with E-state index in [2.05, 4.69) is 16.4 Å². The fraction of sp³-hybridized carbons (Fsp3) is 0.143. The molecule has 5 aromatic rings. The van der Waals surface area contributed by atoms with Crippen molar-refractivity contribution >= 4 is 16.7 Å². The van der Waals surface area contributed by atoms with E-state index in [9.17, 15) is 0 Å². The van der Waals surface area contributed by atoms with Crippen molar-refractivity contribution < 1.29 is 9.47 Å². The van der Waals surface area contributed by atoms with Crippen LogP contribution in [0, 0.1) is 11.3 Å². The molecule has 0 fully saturated rings. The van der Waals surface area contributed by atoms with Crippen molar-refractivity contribution in [3.63, 3.8) is 0 Å². The first-order valence-electron chi connectivity index (χ1n) is 11.4. The van der Waals surface area contributed by atoms with E-state index < -0.39 is 0 Å². The molecule has 0 amide bonds. The minimum absolute atomic E-state index is 0.504. The molecule has 0 saturated carbocycles. The number of hydrogen-bond donors (Lipinski definition) is 1. The maximum Gasteiger partial charge on any atom is 0.134 e. The molecule has 5 rings (SSSR count). The van der Waals surface area contributed by atoms with Crippen LogP contribution < -0.4 is 14.8 Å². The number of nitriles is 1. The molecule has 0 atom stereocenters. The number of nitrogens with one attached hydrogen (secondary N) is 1. The molecule has 8 nitrogen and oxygen atoms in total. The number of fused-ring (bicyclic) bond motifs is 1. The van der Waals surface area contributed by atoms with Gasteiger partial charge in [0.15, 0.2) is 0 Å². The first-order chi connectivity index (χ1) is 17.7. The Labute approximate surface area is 208 Å². The van der Waals surface area contributed by atoms with Crippen LogP contribution in [0.2, 0.25) is 0 Å². The smallest absolute Gasteiger partial charge is 0.134 e. The summed E-state index contributed by atoms with van der Waals surface area (Å²) in [6, 6.07) is 23.1. The number of hydrogen-bond acceptors (Lipinski definition) is 7. The Morgan fingerprint density at radius 1 is 0.972 bits per heavy atom. The number of benzene rings is 2. The molecule has 0 aliphatic carbocycles. The van der Waals surface area contributed by atoms with E-state index in [1.165, 1.54) is 0 Å². The lowest BCUT2D eigenvalue weighted by Crippen LogP contribution is -2.10. The molecule has 0 bridgehead atoms. The lowest BCUT2D eigenvalue weighted by atomic mass is 10.1. The third-order valence-corrected chi connectivity index (χ3v) is 5.91. The summed E-state index contributed by atoms with van der Waals surface area (Å²) in [4.78, 5) is 9.16. The summed E-state index contributed by atoms with van der Waals surface area (Å²) in [5, 5.41) is 18.4. The summed E-state index contributed by atoms with van der Waals surface area (Å²) < 4.78 is 12.8. The van der Waals surface area contributed by atoms with Gasteiger partial charge in [-0.05, 0) is 42.5 Å². The van der Waals surface area contributed by atoms with Crippen molar-refractivity contribution in [1.82, 2.24) is 19.7 Å². The van der Waals surface area contributed by atoms with E-state index in [1.807, 2.05) is 65.5 Å². The summed E-state index contributed by atoms with van der Waals surface area (Å²) in [7, 11) is 3.28. The molecule has 0 radical (unpaired) electrons. The van der Waals surface area contributed by atoms with Crippen molar-refractivity contribution in [2.45, 2.75) is 13.1 Å². The molecule has 0 unspecified atom stereocenters. The van der Waals surface area contributed by atoms with E-state index in [0.29, 0.717) is 18.7 Å². The van der Waals surface area contributed by atoms with Crippen molar-refractivity contribution in [2.24, 2.45) is 0 Å². The van der Waals surface area contributed by atoms with Gasteiger partial charge >= 0.3 is 0 Å². The second-order valence-electron chi connectivity index (χ2n) is 8.13. The van der Waals surface area contributed by atoms with Crippen LogP contribution in [0.15, 0.2) is 79.1 Å². The maximum atomic E-state index is 9.08. The highest BCUT2D eigenvalue weighted by Crippen LogP contribution is 2.30. The first kappa shape index (κ1) is 22.9. The molecule has 178 valence electrons. The van der Waals surface area contributed by atoms with Crippen LogP contribution in [0.3, 0.4) is 0 Å². The lowest BCUT2D eigenvalue weighted by Gasteiger charge is -2.13. The normalized spacial score (nSPS) is 10.7. The largest absolute Gasteiger partial charge is 0.497 e. The van der Waals surface area contributed by atoms with Crippen LogP contribution >= 0.6 is 0 Å². The predicted octanol–water partition coefficient (Wildman–Crippen LogP) is 5.04. The minimum atomic E-state index is 0.504. The van der Waals surface area contributed by atoms with E-state index in [1.54, 1.807) is 32.5 Å². The van der Waals surface area contributed by atoms with Crippen molar-refractivity contribution in [3.05, 3.63) is 95.9 Å². The quantitative estimate of drug-likeness (QED) is 0.335. The molecule has 36 heavy (non-hydrogen) atoms. The van der Waals surface area contributed by atoms with Gasteiger partial charge in [-0.15, -0.1) is 0 Å². The molecule has 3 aromatic heterocycles. The number of pyridine rings is 2. The monoisotopic (exact) mass is 476 g/mol. The number of nitrogens with zero attached hydrogens (tertiary/aromatic N) is 5. The Morgan fingerprint density at radius 3 is 2.56 bits per heavy atom. The number of aromatic nitrogens is 4. The predicted molar refractivity (Wildman–Crippen MR) is 138 cm³/mol. The minimum Gasteiger partial charge on any atom is -0.497 e. The Kier molecular flexibility index (Phi) is 6.45. The zero-order valence-corrected chi connectivity index (χ0v) is 20.0. The van der Waals surface area contributed by atoms with Gasteiger partial charge < -0.3 is 14.8 Å². The van der Waals surface area contributed by atoms with E-state index in [0.717, 1.165) is 50.7 Å². The summed E-state index contributed by atoms with van der Waals surface area (Å²) in [6.45, 7) is 1.03. The second-order valence-corrected chi connectivity index (χ2v) is 8.13. The van der Waals surface area contributed by atoms with Gasteiger partial charge in [0, 0.05) is 36.1 Å². The summed E-state index contributed by atoms with van der Waals surface area (Å²) in [5.74, 6) is 2.32. The van der Waals surface area contributed by atoms with Crippen LogP contribution in [-0.2, 0) is 13.1 Å². The van der Waals surface area contributed by atoms with Crippen molar-refractivity contribution in [2.75, 3.05) is 19.5 Å². The summed E-state index contributed by atoms with van der Waals surface area (Å²) >= 11 is 0. The van der Waals surface area contributed by atoms with Crippen LogP contribution in [0.4, 0.5) is 5.82 Å². The molecule has 0 saturated heterocycles. The molecule has 8 heteroatoms. The van der Waals surface area contributed by atoms with Gasteiger partial charge in [-0.25, -0.2) is 4.68 Å². The zero-order chi connectivity index (χ0) is 24.9. The number of rotatable bonds is 8. The van der Waals surface area contributed by atoms with E-state index in [4.69, 9.17) is 24.8 Å². The van der Waals surface area contributed by atoms with Gasteiger partial charge in [-0.2, -0.15) is 10.4 Å². The Hall–Kier alpha value is -4.90.